The Kier molecular flexibility index (Phi) is 4.84. The van der Waals surface area contributed by atoms with E-state index < -0.39 is 0 Å². The number of hydrogen-bond acceptors (Lipinski definition) is 3. The highest BCUT2D eigenvalue weighted by Gasteiger charge is 2.23. The average molecular weight is 250 g/mol. The minimum Gasteiger partial charge on any atom is -0.468 e. The zero-order chi connectivity index (χ0) is 13.0. The fraction of sp³-hybridized carbons (Fsp3) is 0.733. The van der Waals surface area contributed by atoms with Gasteiger partial charge < -0.3 is 9.73 Å². The summed E-state index contributed by atoms with van der Waals surface area (Å²) < 4.78 is 5.61. The van der Waals surface area contributed by atoms with E-state index in [1.54, 1.807) is 0 Å². The molecule has 1 aromatic heterocycles. The van der Waals surface area contributed by atoms with Crippen LogP contribution in [0, 0.1) is 11.8 Å². The van der Waals surface area contributed by atoms with E-state index in [2.05, 4.69) is 37.2 Å². The van der Waals surface area contributed by atoms with Gasteiger partial charge in [-0.25, -0.2) is 0 Å². The molecule has 0 bridgehead atoms. The minimum absolute atomic E-state index is 0.695. The maximum atomic E-state index is 5.61. The van der Waals surface area contributed by atoms with Crippen LogP contribution in [0.25, 0.3) is 0 Å². The second-order valence-electron chi connectivity index (χ2n) is 6.09. The molecular weight excluding hydrogens is 224 g/mol. The second-order valence-corrected chi connectivity index (χ2v) is 6.09. The van der Waals surface area contributed by atoms with Gasteiger partial charge in [-0.3, -0.25) is 4.90 Å². The molecule has 3 nitrogen and oxygen atoms in total. The van der Waals surface area contributed by atoms with Crippen LogP contribution in [0.4, 0.5) is 0 Å². The second kappa shape index (κ2) is 6.39. The zero-order valence-corrected chi connectivity index (χ0v) is 11.9. The molecule has 1 saturated carbocycles. The van der Waals surface area contributed by atoms with E-state index in [1.807, 2.05) is 6.26 Å². The van der Waals surface area contributed by atoms with Gasteiger partial charge in [0.05, 0.1) is 12.8 Å². The van der Waals surface area contributed by atoms with Gasteiger partial charge in [0.2, 0.25) is 0 Å². The Balaban J connectivity index is 1.71. The molecule has 0 atom stereocenters. The summed E-state index contributed by atoms with van der Waals surface area (Å²) in [6.45, 7) is 8.56. The number of hydrogen-bond donors (Lipinski definition) is 1. The first kappa shape index (κ1) is 13.6. The van der Waals surface area contributed by atoms with Crippen molar-refractivity contribution in [3.05, 3.63) is 23.7 Å². The lowest BCUT2D eigenvalue weighted by Crippen LogP contribution is -2.20. The summed E-state index contributed by atoms with van der Waals surface area (Å²) in [6, 6.07) is 2.18. The number of nitrogens with zero attached hydrogens (tertiary/aromatic N) is 1. The van der Waals surface area contributed by atoms with Crippen LogP contribution >= 0.6 is 0 Å². The summed E-state index contributed by atoms with van der Waals surface area (Å²) in [4.78, 5) is 2.36. The van der Waals surface area contributed by atoms with Crippen LogP contribution in [0.1, 0.15) is 38.0 Å². The summed E-state index contributed by atoms with van der Waals surface area (Å²) >= 11 is 0. The van der Waals surface area contributed by atoms with Crippen LogP contribution < -0.4 is 5.32 Å². The van der Waals surface area contributed by atoms with E-state index in [0.29, 0.717) is 5.92 Å². The van der Waals surface area contributed by atoms with Crippen LogP contribution in [-0.2, 0) is 13.1 Å². The minimum atomic E-state index is 0.695. The zero-order valence-electron chi connectivity index (χ0n) is 11.9. The van der Waals surface area contributed by atoms with Crippen molar-refractivity contribution in [1.29, 1.82) is 0 Å². The van der Waals surface area contributed by atoms with Gasteiger partial charge in [-0.05, 0) is 44.3 Å². The highest BCUT2D eigenvalue weighted by atomic mass is 16.3. The molecule has 0 amide bonds. The van der Waals surface area contributed by atoms with Crippen molar-refractivity contribution in [3.63, 3.8) is 0 Å². The van der Waals surface area contributed by atoms with E-state index >= 15 is 0 Å². The Morgan fingerprint density at radius 1 is 1.44 bits per heavy atom. The molecule has 0 saturated heterocycles. The summed E-state index contributed by atoms with van der Waals surface area (Å²) in [5.41, 5.74) is 1.26. The van der Waals surface area contributed by atoms with Gasteiger partial charge in [-0.2, -0.15) is 0 Å². The lowest BCUT2D eigenvalue weighted by Gasteiger charge is -2.13. The van der Waals surface area contributed by atoms with Crippen LogP contribution in [0.2, 0.25) is 0 Å². The predicted molar refractivity (Wildman–Crippen MR) is 74.3 cm³/mol. The Morgan fingerprint density at radius 3 is 2.89 bits per heavy atom. The SMILES string of the molecule is CC(C)CNCc1coc(CN(C)CC2CC2)c1. The summed E-state index contributed by atoms with van der Waals surface area (Å²) in [5, 5.41) is 3.44. The van der Waals surface area contributed by atoms with Crippen LogP contribution in [0.5, 0.6) is 0 Å². The molecule has 3 heteroatoms. The molecule has 1 N–H and O–H groups in total. The Hall–Kier alpha value is -0.800. The quantitative estimate of drug-likeness (QED) is 0.769. The number of nitrogens with one attached hydrogen (secondary N) is 1. The first-order valence-electron chi connectivity index (χ1n) is 7.09. The monoisotopic (exact) mass is 250 g/mol. The average Bonchev–Trinajstić information content (AvgIpc) is 2.98. The molecule has 0 radical (unpaired) electrons. The van der Waals surface area contributed by atoms with Gasteiger partial charge in [0.1, 0.15) is 5.76 Å². The fourth-order valence-corrected chi connectivity index (χ4v) is 2.18. The highest BCUT2D eigenvalue weighted by Crippen LogP contribution is 2.29. The van der Waals surface area contributed by atoms with Crippen molar-refractivity contribution >= 4 is 0 Å². The van der Waals surface area contributed by atoms with Gasteiger partial charge in [0, 0.05) is 18.7 Å². The molecule has 0 spiro atoms. The topological polar surface area (TPSA) is 28.4 Å². The molecule has 0 aliphatic heterocycles. The smallest absolute Gasteiger partial charge is 0.118 e. The first-order chi connectivity index (χ1) is 8.63. The fourth-order valence-electron chi connectivity index (χ4n) is 2.18. The predicted octanol–water partition coefficient (Wildman–Crippen LogP) is 2.87. The van der Waals surface area contributed by atoms with Gasteiger partial charge in [-0.1, -0.05) is 13.8 Å². The van der Waals surface area contributed by atoms with Crippen molar-refractivity contribution in [1.82, 2.24) is 10.2 Å². The van der Waals surface area contributed by atoms with Crippen LogP contribution in [0.3, 0.4) is 0 Å². The molecule has 2 rings (SSSR count). The highest BCUT2D eigenvalue weighted by molar-refractivity contribution is 5.12. The molecule has 18 heavy (non-hydrogen) atoms. The van der Waals surface area contributed by atoms with E-state index in [9.17, 15) is 0 Å². The van der Waals surface area contributed by atoms with Crippen molar-refractivity contribution in [3.8, 4) is 0 Å². The molecule has 0 aromatic carbocycles. The maximum Gasteiger partial charge on any atom is 0.118 e. The standard InChI is InChI=1S/C15H26N2O/c1-12(2)7-16-8-14-6-15(18-11-14)10-17(3)9-13-4-5-13/h6,11-13,16H,4-5,7-10H2,1-3H3. The number of furan rings is 1. The molecule has 0 unspecified atom stereocenters. The van der Waals surface area contributed by atoms with E-state index in [0.717, 1.165) is 31.3 Å². The van der Waals surface area contributed by atoms with Crippen molar-refractivity contribution in [2.45, 2.75) is 39.8 Å². The Morgan fingerprint density at radius 2 is 2.22 bits per heavy atom. The third kappa shape index (κ3) is 4.83. The third-order valence-corrected chi connectivity index (χ3v) is 3.28. The first-order valence-corrected chi connectivity index (χ1v) is 7.09. The molecule has 1 aliphatic rings. The molecular formula is C15H26N2O. The van der Waals surface area contributed by atoms with Gasteiger partial charge >= 0.3 is 0 Å². The van der Waals surface area contributed by atoms with Crippen LogP contribution in [0.15, 0.2) is 16.7 Å². The van der Waals surface area contributed by atoms with Crippen LogP contribution in [-0.4, -0.2) is 25.0 Å². The maximum absolute atomic E-state index is 5.61. The van der Waals surface area contributed by atoms with E-state index in [-0.39, 0.29) is 0 Å². The molecule has 1 aromatic rings. The third-order valence-electron chi connectivity index (χ3n) is 3.28. The van der Waals surface area contributed by atoms with Crippen molar-refractivity contribution in [2.75, 3.05) is 20.1 Å². The van der Waals surface area contributed by atoms with Gasteiger partial charge in [-0.15, -0.1) is 0 Å². The molecule has 1 heterocycles. The van der Waals surface area contributed by atoms with Gasteiger partial charge in [0.15, 0.2) is 0 Å². The molecule has 102 valence electrons. The molecule has 1 aliphatic carbocycles. The van der Waals surface area contributed by atoms with Gasteiger partial charge in [0.25, 0.3) is 0 Å². The summed E-state index contributed by atoms with van der Waals surface area (Å²) in [5.74, 6) is 2.72. The lowest BCUT2D eigenvalue weighted by atomic mass is 10.2. The summed E-state index contributed by atoms with van der Waals surface area (Å²) in [6.07, 6.45) is 4.70. The number of rotatable bonds is 8. The van der Waals surface area contributed by atoms with Crippen molar-refractivity contribution in [2.24, 2.45) is 11.8 Å². The normalized spacial score (nSPS) is 15.8. The molecule has 1 fully saturated rings. The van der Waals surface area contributed by atoms with E-state index in [1.165, 1.54) is 24.9 Å². The van der Waals surface area contributed by atoms with Crippen molar-refractivity contribution < 1.29 is 4.42 Å². The Labute approximate surface area is 111 Å². The Bertz CT molecular complexity index is 355. The lowest BCUT2D eigenvalue weighted by molar-refractivity contribution is 0.284. The largest absolute Gasteiger partial charge is 0.468 e. The van der Waals surface area contributed by atoms with E-state index in [4.69, 9.17) is 4.42 Å². The summed E-state index contributed by atoms with van der Waals surface area (Å²) in [7, 11) is 2.18.